The molecule has 3 aromatic rings. The predicted octanol–water partition coefficient (Wildman–Crippen LogP) is 4.60. The molecule has 1 fully saturated rings. The standard InChI is InChI=1S/C23H25N3O/c1-16-9-10-18(17(2)14-16)11-12-22(27)26-13-5-6-19(15-26)23-24-20-7-3-4-8-21(20)25-23/h3-4,7-12,14,19H,5-6,13,15H2,1-2H3,(H,24,25). The number of hydrogen-bond acceptors (Lipinski definition) is 2. The molecule has 138 valence electrons. The summed E-state index contributed by atoms with van der Waals surface area (Å²) in [6.45, 7) is 5.69. The van der Waals surface area contributed by atoms with Gasteiger partial charge in [-0.05, 0) is 56.0 Å². The Labute approximate surface area is 159 Å². The summed E-state index contributed by atoms with van der Waals surface area (Å²) in [6, 6.07) is 14.4. The highest BCUT2D eigenvalue weighted by atomic mass is 16.2. The van der Waals surface area contributed by atoms with Crippen molar-refractivity contribution in [2.45, 2.75) is 32.6 Å². The molecule has 0 radical (unpaired) electrons. The molecule has 27 heavy (non-hydrogen) atoms. The first-order valence-corrected chi connectivity index (χ1v) is 9.59. The lowest BCUT2D eigenvalue weighted by atomic mass is 9.97. The van der Waals surface area contributed by atoms with Crippen LogP contribution in [0.3, 0.4) is 0 Å². The van der Waals surface area contributed by atoms with Crippen LogP contribution in [0.25, 0.3) is 17.1 Å². The number of carbonyl (C=O) groups excluding carboxylic acids is 1. The van der Waals surface area contributed by atoms with Crippen LogP contribution in [-0.2, 0) is 4.79 Å². The third-order valence-electron chi connectivity index (χ3n) is 5.36. The number of hydrogen-bond donors (Lipinski definition) is 1. The zero-order valence-electron chi connectivity index (χ0n) is 15.9. The number of piperidine rings is 1. The van der Waals surface area contributed by atoms with Gasteiger partial charge < -0.3 is 9.88 Å². The van der Waals surface area contributed by atoms with Gasteiger partial charge in [0.1, 0.15) is 5.82 Å². The van der Waals surface area contributed by atoms with E-state index >= 15 is 0 Å². The van der Waals surface area contributed by atoms with E-state index in [2.05, 4.69) is 37.0 Å². The van der Waals surface area contributed by atoms with Gasteiger partial charge in [0, 0.05) is 25.1 Å². The maximum absolute atomic E-state index is 12.7. The van der Waals surface area contributed by atoms with Gasteiger partial charge in [0.15, 0.2) is 0 Å². The first-order valence-electron chi connectivity index (χ1n) is 9.59. The van der Waals surface area contributed by atoms with E-state index in [1.807, 2.05) is 35.2 Å². The number of para-hydroxylation sites is 2. The van der Waals surface area contributed by atoms with E-state index in [0.717, 1.165) is 48.4 Å². The summed E-state index contributed by atoms with van der Waals surface area (Å²) in [6.07, 6.45) is 5.70. The fourth-order valence-corrected chi connectivity index (χ4v) is 3.85. The van der Waals surface area contributed by atoms with Crippen molar-refractivity contribution in [3.8, 4) is 0 Å². The first-order chi connectivity index (χ1) is 13.1. The Morgan fingerprint density at radius 1 is 1.22 bits per heavy atom. The number of amides is 1. The SMILES string of the molecule is Cc1ccc(C=CC(=O)N2CCCC(c3nc4ccccc4[nH]3)C2)c(C)c1. The molecule has 0 aliphatic carbocycles. The molecular weight excluding hydrogens is 334 g/mol. The normalized spacial score (nSPS) is 17.7. The van der Waals surface area contributed by atoms with Gasteiger partial charge in [0.05, 0.1) is 11.0 Å². The van der Waals surface area contributed by atoms with Crippen LogP contribution < -0.4 is 0 Å². The lowest BCUT2D eigenvalue weighted by Gasteiger charge is -2.31. The van der Waals surface area contributed by atoms with Crippen LogP contribution in [0, 0.1) is 13.8 Å². The zero-order valence-corrected chi connectivity index (χ0v) is 15.9. The summed E-state index contributed by atoms with van der Waals surface area (Å²) in [4.78, 5) is 22.8. The molecule has 2 aromatic carbocycles. The fourth-order valence-electron chi connectivity index (χ4n) is 3.85. The largest absolute Gasteiger partial charge is 0.342 e. The van der Waals surface area contributed by atoms with Crippen molar-refractivity contribution < 1.29 is 4.79 Å². The third-order valence-corrected chi connectivity index (χ3v) is 5.36. The first kappa shape index (κ1) is 17.5. The quantitative estimate of drug-likeness (QED) is 0.695. The van der Waals surface area contributed by atoms with Gasteiger partial charge in [-0.3, -0.25) is 4.79 Å². The lowest BCUT2D eigenvalue weighted by Crippen LogP contribution is -2.38. The number of H-pyrrole nitrogens is 1. The van der Waals surface area contributed by atoms with Crippen molar-refractivity contribution >= 4 is 23.0 Å². The number of nitrogens with zero attached hydrogens (tertiary/aromatic N) is 2. The summed E-state index contributed by atoms with van der Waals surface area (Å²) in [5, 5.41) is 0. The summed E-state index contributed by atoms with van der Waals surface area (Å²) >= 11 is 0. The van der Waals surface area contributed by atoms with Crippen molar-refractivity contribution in [1.82, 2.24) is 14.9 Å². The lowest BCUT2D eigenvalue weighted by molar-refractivity contribution is -0.127. The zero-order chi connectivity index (χ0) is 18.8. The summed E-state index contributed by atoms with van der Waals surface area (Å²) in [7, 11) is 0. The Balaban J connectivity index is 1.47. The molecule has 1 amide bonds. The topological polar surface area (TPSA) is 49.0 Å². The average molecular weight is 359 g/mol. The Morgan fingerprint density at radius 3 is 2.89 bits per heavy atom. The molecule has 1 saturated heterocycles. The minimum atomic E-state index is 0.0794. The van der Waals surface area contributed by atoms with Crippen molar-refractivity contribution in [2.24, 2.45) is 0 Å². The van der Waals surface area contributed by atoms with Crippen molar-refractivity contribution in [2.75, 3.05) is 13.1 Å². The van der Waals surface area contributed by atoms with Gasteiger partial charge in [-0.1, -0.05) is 35.9 Å². The molecule has 4 heteroatoms. The number of benzene rings is 2. The van der Waals surface area contributed by atoms with Crippen LogP contribution in [0.4, 0.5) is 0 Å². The maximum atomic E-state index is 12.7. The monoisotopic (exact) mass is 359 g/mol. The van der Waals surface area contributed by atoms with E-state index < -0.39 is 0 Å². The molecule has 1 aliphatic heterocycles. The second kappa shape index (κ2) is 7.39. The van der Waals surface area contributed by atoms with E-state index in [9.17, 15) is 4.79 Å². The second-order valence-electron chi connectivity index (χ2n) is 7.46. The van der Waals surface area contributed by atoms with Crippen LogP contribution >= 0.6 is 0 Å². The van der Waals surface area contributed by atoms with E-state index in [4.69, 9.17) is 4.98 Å². The molecule has 1 unspecified atom stereocenters. The van der Waals surface area contributed by atoms with Gasteiger partial charge in [0.2, 0.25) is 5.91 Å². The molecule has 4 nitrogen and oxygen atoms in total. The van der Waals surface area contributed by atoms with Crippen molar-refractivity contribution in [1.29, 1.82) is 0 Å². The Morgan fingerprint density at radius 2 is 2.07 bits per heavy atom. The highest BCUT2D eigenvalue weighted by Crippen LogP contribution is 2.27. The highest BCUT2D eigenvalue weighted by molar-refractivity contribution is 5.92. The number of imidazole rings is 1. The van der Waals surface area contributed by atoms with Gasteiger partial charge in [-0.2, -0.15) is 0 Å². The van der Waals surface area contributed by atoms with Crippen LogP contribution in [0.15, 0.2) is 48.5 Å². The summed E-state index contributed by atoms with van der Waals surface area (Å²) in [5.41, 5.74) is 5.58. The van der Waals surface area contributed by atoms with E-state index in [0.29, 0.717) is 0 Å². The summed E-state index contributed by atoms with van der Waals surface area (Å²) < 4.78 is 0. The van der Waals surface area contributed by atoms with E-state index in [-0.39, 0.29) is 11.8 Å². The molecule has 1 aromatic heterocycles. The summed E-state index contributed by atoms with van der Waals surface area (Å²) in [5.74, 6) is 1.34. The molecular formula is C23H25N3O. The predicted molar refractivity (Wildman–Crippen MR) is 110 cm³/mol. The Bertz CT molecular complexity index is 969. The van der Waals surface area contributed by atoms with Gasteiger partial charge in [-0.25, -0.2) is 4.98 Å². The minimum Gasteiger partial charge on any atom is -0.342 e. The molecule has 1 aliphatic rings. The second-order valence-corrected chi connectivity index (χ2v) is 7.46. The number of fused-ring (bicyclic) bond motifs is 1. The Hall–Kier alpha value is -2.88. The Kier molecular flexibility index (Phi) is 4.80. The molecule has 1 N–H and O–H groups in total. The molecule has 0 saturated carbocycles. The molecule has 0 bridgehead atoms. The van der Waals surface area contributed by atoms with Crippen molar-refractivity contribution in [3.05, 3.63) is 71.1 Å². The molecule has 1 atom stereocenters. The fraction of sp³-hybridized carbons (Fsp3) is 0.304. The maximum Gasteiger partial charge on any atom is 0.246 e. The van der Waals surface area contributed by atoms with Gasteiger partial charge in [0.25, 0.3) is 0 Å². The van der Waals surface area contributed by atoms with Crippen LogP contribution in [0.2, 0.25) is 0 Å². The number of rotatable bonds is 3. The van der Waals surface area contributed by atoms with E-state index in [1.165, 1.54) is 11.1 Å². The number of likely N-dealkylation sites (tertiary alicyclic amines) is 1. The van der Waals surface area contributed by atoms with E-state index in [1.54, 1.807) is 6.08 Å². The number of carbonyl (C=O) groups is 1. The highest BCUT2D eigenvalue weighted by Gasteiger charge is 2.25. The van der Waals surface area contributed by atoms with Gasteiger partial charge >= 0.3 is 0 Å². The smallest absolute Gasteiger partial charge is 0.246 e. The number of aromatic amines is 1. The molecule has 4 rings (SSSR count). The molecule has 2 heterocycles. The molecule has 0 spiro atoms. The number of aryl methyl sites for hydroxylation is 2. The number of aromatic nitrogens is 2. The van der Waals surface area contributed by atoms with Gasteiger partial charge in [-0.15, -0.1) is 0 Å². The van der Waals surface area contributed by atoms with Crippen LogP contribution in [0.1, 0.15) is 41.3 Å². The van der Waals surface area contributed by atoms with Crippen LogP contribution in [-0.4, -0.2) is 33.9 Å². The van der Waals surface area contributed by atoms with Crippen molar-refractivity contribution in [3.63, 3.8) is 0 Å². The minimum absolute atomic E-state index is 0.0794. The van der Waals surface area contributed by atoms with Crippen LogP contribution in [0.5, 0.6) is 0 Å². The number of nitrogens with one attached hydrogen (secondary N) is 1. The third kappa shape index (κ3) is 3.80. The average Bonchev–Trinajstić information content (AvgIpc) is 3.11.